The summed E-state index contributed by atoms with van der Waals surface area (Å²) in [5.41, 5.74) is 0. The lowest BCUT2D eigenvalue weighted by molar-refractivity contribution is -0.171. The Hall–Kier alpha value is -0.120. The van der Waals surface area contributed by atoms with Gasteiger partial charge in [0, 0.05) is 20.6 Å². The highest BCUT2D eigenvalue weighted by atomic mass is 16.5. The quantitative estimate of drug-likeness (QED) is 0.564. The van der Waals surface area contributed by atoms with Crippen molar-refractivity contribution in [2.45, 2.75) is 24.7 Å². The Labute approximate surface area is 54.6 Å². The van der Waals surface area contributed by atoms with Crippen LogP contribution in [0.4, 0.5) is 0 Å². The average Bonchev–Trinajstić information content (AvgIpc) is 1.83. The summed E-state index contributed by atoms with van der Waals surface area (Å²) >= 11 is 0. The van der Waals surface area contributed by atoms with E-state index in [4.69, 9.17) is 14.6 Å². The summed E-state index contributed by atoms with van der Waals surface area (Å²) < 4.78 is 9.90. The molecular weight excluding hydrogens is 120 g/mol. The minimum Gasteiger partial charge on any atom is -0.390 e. The molecule has 3 heteroatoms. The van der Waals surface area contributed by atoms with Crippen molar-refractivity contribution in [1.82, 2.24) is 0 Å². The minimum absolute atomic E-state index is 0.102. The number of aliphatic hydroxyl groups is 1. The van der Waals surface area contributed by atoms with Gasteiger partial charge in [0.15, 0.2) is 0 Å². The Morgan fingerprint density at radius 3 is 2.22 bits per heavy atom. The first-order valence-corrected chi connectivity index (χ1v) is 3.03. The van der Waals surface area contributed by atoms with Crippen LogP contribution in [-0.4, -0.2) is 37.6 Å². The SMILES string of the molecule is COC1CC(O)C1OC. The molecule has 0 aliphatic heterocycles. The van der Waals surface area contributed by atoms with Gasteiger partial charge in [-0.15, -0.1) is 0 Å². The van der Waals surface area contributed by atoms with E-state index in [0.717, 1.165) is 0 Å². The lowest BCUT2D eigenvalue weighted by Gasteiger charge is -2.38. The third kappa shape index (κ3) is 1.08. The molecule has 1 N–H and O–H groups in total. The molecule has 0 amide bonds. The molecule has 1 rings (SSSR count). The maximum absolute atomic E-state index is 9.00. The van der Waals surface area contributed by atoms with E-state index in [1.54, 1.807) is 14.2 Å². The molecule has 9 heavy (non-hydrogen) atoms. The summed E-state index contributed by atoms with van der Waals surface area (Å²) in [6, 6.07) is 0. The van der Waals surface area contributed by atoms with Crippen LogP contribution in [0.3, 0.4) is 0 Å². The Morgan fingerprint density at radius 1 is 1.33 bits per heavy atom. The summed E-state index contributed by atoms with van der Waals surface area (Å²) in [4.78, 5) is 0. The monoisotopic (exact) mass is 132 g/mol. The fourth-order valence-electron chi connectivity index (χ4n) is 1.10. The number of aliphatic hydroxyl groups excluding tert-OH is 1. The van der Waals surface area contributed by atoms with Crippen LogP contribution >= 0.6 is 0 Å². The number of hydrogen-bond acceptors (Lipinski definition) is 3. The molecule has 0 aromatic carbocycles. The number of rotatable bonds is 2. The first-order chi connectivity index (χ1) is 4.29. The van der Waals surface area contributed by atoms with E-state index < -0.39 is 0 Å². The normalized spacial score (nSPS) is 42.3. The van der Waals surface area contributed by atoms with Crippen LogP contribution in [0, 0.1) is 0 Å². The highest BCUT2D eigenvalue weighted by Crippen LogP contribution is 2.25. The molecule has 54 valence electrons. The van der Waals surface area contributed by atoms with Gasteiger partial charge in [0.25, 0.3) is 0 Å². The molecule has 1 saturated carbocycles. The van der Waals surface area contributed by atoms with Gasteiger partial charge in [0.2, 0.25) is 0 Å². The van der Waals surface area contributed by atoms with Gasteiger partial charge in [-0.1, -0.05) is 0 Å². The third-order valence-corrected chi connectivity index (χ3v) is 1.79. The molecule has 3 unspecified atom stereocenters. The van der Waals surface area contributed by atoms with Gasteiger partial charge in [-0.3, -0.25) is 0 Å². The van der Waals surface area contributed by atoms with Crippen LogP contribution in [0.2, 0.25) is 0 Å². The van der Waals surface area contributed by atoms with Crippen LogP contribution in [0.15, 0.2) is 0 Å². The van der Waals surface area contributed by atoms with Gasteiger partial charge in [0.1, 0.15) is 6.10 Å². The zero-order valence-corrected chi connectivity index (χ0v) is 5.70. The second kappa shape index (κ2) is 2.64. The van der Waals surface area contributed by atoms with Crippen LogP contribution in [0.1, 0.15) is 6.42 Å². The van der Waals surface area contributed by atoms with Crippen LogP contribution in [0.5, 0.6) is 0 Å². The van der Waals surface area contributed by atoms with Crippen molar-refractivity contribution < 1.29 is 14.6 Å². The Bertz CT molecular complexity index is 94.3. The van der Waals surface area contributed by atoms with E-state index in [1.807, 2.05) is 0 Å². The maximum Gasteiger partial charge on any atom is 0.109 e. The molecule has 3 nitrogen and oxygen atoms in total. The van der Waals surface area contributed by atoms with E-state index in [0.29, 0.717) is 6.42 Å². The molecule has 0 heterocycles. The molecule has 0 saturated heterocycles. The Morgan fingerprint density at radius 2 is 2.00 bits per heavy atom. The fraction of sp³-hybridized carbons (Fsp3) is 1.00. The van der Waals surface area contributed by atoms with Crippen molar-refractivity contribution in [3.63, 3.8) is 0 Å². The molecule has 0 spiro atoms. The number of ether oxygens (including phenoxy) is 2. The number of hydrogen-bond donors (Lipinski definition) is 1. The van der Waals surface area contributed by atoms with Gasteiger partial charge in [-0.2, -0.15) is 0 Å². The summed E-state index contributed by atoms with van der Waals surface area (Å²) in [6.45, 7) is 0. The van der Waals surface area contributed by atoms with Crippen molar-refractivity contribution in [2.24, 2.45) is 0 Å². The van der Waals surface area contributed by atoms with Crippen molar-refractivity contribution in [3.05, 3.63) is 0 Å². The molecule has 0 radical (unpaired) electrons. The highest BCUT2D eigenvalue weighted by Gasteiger charge is 2.40. The fourth-order valence-corrected chi connectivity index (χ4v) is 1.10. The van der Waals surface area contributed by atoms with Gasteiger partial charge >= 0.3 is 0 Å². The van der Waals surface area contributed by atoms with E-state index in [2.05, 4.69) is 0 Å². The second-order valence-corrected chi connectivity index (χ2v) is 2.28. The van der Waals surface area contributed by atoms with E-state index in [-0.39, 0.29) is 18.3 Å². The Kier molecular flexibility index (Phi) is 2.05. The highest BCUT2D eigenvalue weighted by molar-refractivity contribution is 4.91. The number of methoxy groups -OCH3 is 2. The van der Waals surface area contributed by atoms with Gasteiger partial charge in [-0.25, -0.2) is 0 Å². The van der Waals surface area contributed by atoms with E-state index in [1.165, 1.54) is 0 Å². The van der Waals surface area contributed by atoms with Crippen LogP contribution in [-0.2, 0) is 9.47 Å². The predicted molar refractivity (Wildman–Crippen MR) is 32.2 cm³/mol. The summed E-state index contributed by atoms with van der Waals surface area (Å²) in [5.74, 6) is 0. The lowest BCUT2D eigenvalue weighted by atomic mass is 9.88. The summed E-state index contributed by atoms with van der Waals surface area (Å²) in [5, 5.41) is 9.00. The largest absolute Gasteiger partial charge is 0.390 e. The van der Waals surface area contributed by atoms with Crippen LogP contribution in [0.25, 0.3) is 0 Å². The molecule has 3 atom stereocenters. The van der Waals surface area contributed by atoms with Gasteiger partial charge < -0.3 is 14.6 Å². The molecule has 1 aliphatic rings. The third-order valence-electron chi connectivity index (χ3n) is 1.79. The smallest absolute Gasteiger partial charge is 0.109 e. The topological polar surface area (TPSA) is 38.7 Å². The molecule has 1 fully saturated rings. The zero-order chi connectivity index (χ0) is 6.85. The second-order valence-electron chi connectivity index (χ2n) is 2.28. The molecule has 0 bridgehead atoms. The van der Waals surface area contributed by atoms with E-state index >= 15 is 0 Å². The lowest BCUT2D eigenvalue weighted by Crippen LogP contribution is -2.52. The van der Waals surface area contributed by atoms with Crippen molar-refractivity contribution in [2.75, 3.05) is 14.2 Å². The van der Waals surface area contributed by atoms with Crippen molar-refractivity contribution >= 4 is 0 Å². The maximum atomic E-state index is 9.00. The Balaban J connectivity index is 2.29. The summed E-state index contributed by atoms with van der Waals surface area (Å²) in [7, 11) is 3.21. The summed E-state index contributed by atoms with van der Waals surface area (Å²) in [6.07, 6.45) is 0.384. The molecular formula is C6H12O3. The first-order valence-electron chi connectivity index (χ1n) is 3.03. The zero-order valence-electron chi connectivity index (χ0n) is 5.70. The van der Waals surface area contributed by atoms with Crippen LogP contribution < -0.4 is 0 Å². The molecule has 0 aromatic rings. The molecule has 1 aliphatic carbocycles. The standard InChI is InChI=1S/C6H12O3/c1-8-5-3-4(7)6(5)9-2/h4-7H,3H2,1-2H3. The predicted octanol–water partition coefficient (Wildman–Crippen LogP) is -0.219. The van der Waals surface area contributed by atoms with E-state index in [9.17, 15) is 0 Å². The van der Waals surface area contributed by atoms with Gasteiger partial charge in [0.05, 0.1) is 12.2 Å². The first kappa shape index (κ1) is 6.99. The van der Waals surface area contributed by atoms with Crippen molar-refractivity contribution in [3.8, 4) is 0 Å². The van der Waals surface area contributed by atoms with Crippen molar-refractivity contribution in [1.29, 1.82) is 0 Å². The average molecular weight is 132 g/mol. The van der Waals surface area contributed by atoms with Gasteiger partial charge in [-0.05, 0) is 0 Å². The minimum atomic E-state index is -0.319. The molecule has 0 aromatic heterocycles.